The highest BCUT2D eigenvalue weighted by atomic mass is 16.5. The molecule has 0 bridgehead atoms. The number of ether oxygens (including phenoxy) is 2. The van der Waals surface area contributed by atoms with Crippen molar-refractivity contribution in [3.05, 3.63) is 59.7 Å². The molecule has 0 radical (unpaired) electrons. The maximum atomic E-state index is 13.5. The normalized spacial score (nSPS) is 17.0. The highest BCUT2D eigenvalue weighted by Crippen LogP contribution is 2.27. The minimum absolute atomic E-state index is 0.0219. The van der Waals surface area contributed by atoms with Gasteiger partial charge in [-0.3, -0.25) is 4.79 Å². The monoisotopic (exact) mass is 396 g/mol. The van der Waals surface area contributed by atoms with E-state index in [0.717, 1.165) is 26.1 Å². The van der Waals surface area contributed by atoms with Crippen LogP contribution in [0.3, 0.4) is 0 Å². The molecule has 1 heterocycles. The van der Waals surface area contributed by atoms with E-state index in [9.17, 15) is 4.79 Å². The number of nitrogens with zero attached hydrogens (tertiary/aromatic N) is 2. The number of rotatable bonds is 8. The van der Waals surface area contributed by atoms with E-state index in [0.29, 0.717) is 29.5 Å². The lowest BCUT2D eigenvalue weighted by Crippen LogP contribution is -2.42. The number of hydrogen-bond donors (Lipinski definition) is 0. The van der Waals surface area contributed by atoms with Crippen molar-refractivity contribution in [2.75, 3.05) is 47.4 Å². The van der Waals surface area contributed by atoms with Gasteiger partial charge in [-0.2, -0.15) is 0 Å². The topological polar surface area (TPSA) is 42.0 Å². The van der Waals surface area contributed by atoms with Crippen molar-refractivity contribution in [3.63, 3.8) is 0 Å². The van der Waals surface area contributed by atoms with E-state index in [1.165, 1.54) is 18.4 Å². The number of methoxy groups -OCH3 is 2. The maximum Gasteiger partial charge on any atom is 0.257 e. The molecule has 156 valence electrons. The van der Waals surface area contributed by atoms with Gasteiger partial charge in [-0.25, -0.2) is 0 Å². The maximum absolute atomic E-state index is 13.5. The summed E-state index contributed by atoms with van der Waals surface area (Å²) in [6, 6.07) is 15.7. The van der Waals surface area contributed by atoms with Gasteiger partial charge < -0.3 is 19.3 Å². The first-order chi connectivity index (χ1) is 14.1. The number of likely N-dealkylation sites (tertiary alicyclic amines) is 1. The second-order valence-corrected chi connectivity index (χ2v) is 7.82. The third-order valence-electron chi connectivity index (χ3n) is 5.64. The summed E-state index contributed by atoms with van der Waals surface area (Å²) in [6.45, 7) is 3.64. The molecule has 0 unspecified atom stereocenters. The molecule has 0 spiro atoms. The molecule has 2 aromatic rings. The van der Waals surface area contributed by atoms with Crippen LogP contribution in [0.15, 0.2) is 48.5 Å². The summed E-state index contributed by atoms with van der Waals surface area (Å²) in [6.07, 6.45) is 3.19. The largest absolute Gasteiger partial charge is 0.497 e. The zero-order valence-corrected chi connectivity index (χ0v) is 17.8. The van der Waals surface area contributed by atoms with Crippen LogP contribution in [0.2, 0.25) is 0 Å². The fourth-order valence-corrected chi connectivity index (χ4v) is 4.06. The third-order valence-corrected chi connectivity index (χ3v) is 5.64. The zero-order valence-electron chi connectivity index (χ0n) is 17.8. The van der Waals surface area contributed by atoms with Crippen LogP contribution in [-0.4, -0.2) is 63.2 Å². The van der Waals surface area contributed by atoms with Gasteiger partial charge in [0.2, 0.25) is 0 Å². The number of carbonyl (C=O) groups is 1. The summed E-state index contributed by atoms with van der Waals surface area (Å²) in [5, 5.41) is 0. The minimum atomic E-state index is 0.0219. The number of hydrogen-bond acceptors (Lipinski definition) is 4. The summed E-state index contributed by atoms with van der Waals surface area (Å²) in [5.41, 5.74) is 1.83. The second-order valence-electron chi connectivity index (χ2n) is 7.82. The van der Waals surface area contributed by atoms with E-state index in [2.05, 4.69) is 24.1 Å². The van der Waals surface area contributed by atoms with Crippen molar-refractivity contribution < 1.29 is 14.3 Å². The number of piperidine rings is 1. The predicted octanol–water partition coefficient (Wildman–Crippen LogP) is 3.73. The van der Waals surface area contributed by atoms with Crippen molar-refractivity contribution in [2.24, 2.45) is 5.92 Å². The number of benzene rings is 2. The summed E-state index contributed by atoms with van der Waals surface area (Å²) in [5.74, 6) is 1.76. The molecule has 0 N–H and O–H groups in total. The summed E-state index contributed by atoms with van der Waals surface area (Å²) < 4.78 is 10.8. The van der Waals surface area contributed by atoms with Crippen molar-refractivity contribution in [3.8, 4) is 11.5 Å². The van der Waals surface area contributed by atoms with Crippen molar-refractivity contribution in [1.82, 2.24) is 9.80 Å². The van der Waals surface area contributed by atoms with Gasteiger partial charge in [0.15, 0.2) is 0 Å². The molecule has 1 atom stereocenters. The summed E-state index contributed by atoms with van der Waals surface area (Å²) >= 11 is 0. The highest BCUT2D eigenvalue weighted by Gasteiger charge is 2.25. The smallest absolute Gasteiger partial charge is 0.257 e. The van der Waals surface area contributed by atoms with Gasteiger partial charge in [0.25, 0.3) is 5.91 Å². The van der Waals surface area contributed by atoms with Crippen LogP contribution in [0.4, 0.5) is 0 Å². The van der Waals surface area contributed by atoms with Crippen LogP contribution in [-0.2, 0) is 6.42 Å². The molecule has 3 rings (SSSR count). The zero-order chi connectivity index (χ0) is 20.6. The molecule has 1 aliphatic rings. The van der Waals surface area contributed by atoms with Crippen LogP contribution >= 0.6 is 0 Å². The summed E-state index contributed by atoms with van der Waals surface area (Å²) in [4.78, 5) is 17.9. The molecule has 5 nitrogen and oxygen atoms in total. The Labute approximate surface area is 174 Å². The average molecular weight is 397 g/mol. The summed E-state index contributed by atoms with van der Waals surface area (Å²) in [7, 11) is 5.37. The SMILES string of the molecule is COc1ccc(C(=O)N(CCc2ccccc2)C[C@H]2CCCN(C)C2)c(OC)c1. The van der Waals surface area contributed by atoms with Crippen LogP contribution in [0, 0.1) is 5.92 Å². The third kappa shape index (κ3) is 5.73. The van der Waals surface area contributed by atoms with Gasteiger partial charge in [0.1, 0.15) is 11.5 Å². The van der Waals surface area contributed by atoms with Gasteiger partial charge in [-0.15, -0.1) is 0 Å². The Morgan fingerprint density at radius 2 is 1.93 bits per heavy atom. The van der Waals surface area contributed by atoms with Gasteiger partial charge in [-0.05, 0) is 56.5 Å². The fourth-order valence-electron chi connectivity index (χ4n) is 4.06. The molecule has 1 saturated heterocycles. The molecule has 5 heteroatoms. The lowest BCUT2D eigenvalue weighted by atomic mass is 9.97. The Bertz CT molecular complexity index is 794. The first-order valence-electron chi connectivity index (χ1n) is 10.3. The second kappa shape index (κ2) is 10.3. The molecule has 0 saturated carbocycles. The van der Waals surface area contributed by atoms with E-state index in [1.54, 1.807) is 20.3 Å². The molecule has 29 heavy (non-hydrogen) atoms. The Kier molecular flexibility index (Phi) is 7.53. The van der Waals surface area contributed by atoms with E-state index < -0.39 is 0 Å². The molecule has 1 aliphatic heterocycles. The van der Waals surface area contributed by atoms with E-state index in [-0.39, 0.29) is 5.91 Å². The number of amides is 1. The molecular weight excluding hydrogens is 364 g/mol. The average Bonchev–Trinajstić information content (AvgIpc) is 2.76. The van der Waals surface area contributed by atoms with Crippen molar-refractivity contribution in [1.29, 1.82) is 0 Å². The standard InChI is InChI=1S/C24H32N2O3/c1-25-14-7-10-20(17-25)18-26(15-13-19-8-5-4-6-9-19)24(27)22-12-11-21(28-2)16-23(22)29-3/h4-6,8-9,11-12,16,20H,7,10,13-15,17-18H2,1-3H3/t20-/m0/s1. The minimum Gasteiger partial charge on any atom is -0.497 e. The Hall–Kier alpha value is -2.53. The van der Waals surface area contributed by atoms with Crippen LogP contribution in [0.5, 0.6) is 11.5 Å². The molecule has 0 aromatic heterocycles. The molecule has 1 fully saturated rings. The van der Waals surface area contributed by atoms with Crippen LogP contribution in [0.25, 0.3) is 0 Å². The van der Waals surface area contributed by atoms with E-state index in [1.807, 2.05) is 35.2 Å². The quantitative estimate of drug-likeness (QED) is 0.682. The highest BCUT2D eigenvalue weighted by molar-refractivity contribution is 5.97. The van der Waals surface area contributed by atoms with E-state index >= 15 is 0 Å². The Morgan fingerprint density at radius 1 is 1.14 bits per heavy atom. The predicted molar refractivity (Wildman–Crippen MR) is 116 cm³/mol. The molecule has 1 amide bonds. The van der Waals surface area contributed by atoms with Crippen LogP contribution < -0.4 is 9.47 Å². The Morgan fingerprint density at radius 3 is 2.62 bits per heavy atom. The van der Waals surface area contributed by atoms with Gasteiger partial charge >= 0.3 is 0 Å². The van der Waals surface area contributed by atoms with E-state index in [4.69, 9.17) is 9.47 Å². The van der Waals surface area contributed by atoms with Gasteiger partial charge in [0, 0.05) is 25.7 Å². The molecule has 2 aromatic carbocycles. The van der Waals surface area contributed by atoms with Crippen molar-refractivity contribution in [2.45, 2.75) is 19.3 Å². The lowest BCUT2D eigenvalue weighted by molar-refractivity contribution is 0.0690. The molecule has 0 aliphatic carbocycles. The first-order valence-corrected chi connectivity index (χ1v) is 10.3. The lowest BCUT2D eigenvalue weighted by Gasteiger charge is -2.34. The number of carbonyl (C=O) groups excluding carboxylic acids is 1. The van der Waals surface area contributed by atoms with Crippen molar-refractivity contribution >= 4 is 5.91 Å². The van der Waals surface area contributed by atoms with Crippen LogP contribution in [0.1, 0.15) is 28.8 Å². The Balaban J connectivity index is 1.79. The molecular formula is C24H32N2O3. The van der Waals surface area contributed by atoms with Gasteiger partial charge in [0.05, 0.1) is 19.8 Å². The van der Waals surface area contributed by atoms with Gasteiger partial charge in [-0.1, -0.05) is 30.3 Å². The first kappa shape index (κ1) is 21.2. The fraction of sp³-hybridized carbons (Fsp3) is 0.458.